The lowest BCUT2D eigenvalue weighted by atomic mass is 10.1. The van der Waals surface area contributed by atoms with Gasteiger partial charge in [0.1, 0.15) is 23.0 Å². The van der Waals surface area contributed by atoms with E-state index in [9.17, 15) is 18.0 Å². The first-order chi connectivity index (χ1) is 13.5. The SMILES string of the molecule is O=C(c1c(F)cccc1F)N1CCN(c2nc(-c3ccc(F)cc3)cs2)CC1. The van der Waals surface area contributed by atoms with Crippen molar-refractivity contribution >= 4 is 22.4 Å². The number of anilines is 1. The van der Waals surface area contributed by atoms with Crippen LogP contribution in [0.2, 0.25) is 0 Å². The fourth-order valence-electron chi connectivity index (χ4n) is 3.12. The number of aromatic nitrogens is 1. The van der Waals surface area contributed by atoms with Gasteiger partial charge in [-0.1, -0.05) is 6.07 Å². The van der Waals surface area contributed by atoms with Crippen molar-refractivity contribution in [2.45, 2.75) is 0 Å². The molecule has 1 fully saturated rings. The van der Waals surface area contributed by atoms with Crippen LogP contribution in [0.3, 0.4) is 0 Å². The maximum Gasteiger partial charge on any atom is 0.259 e. The predicted octanol–water partition coefficient (Wildman–Crippen LogP) is 4.19. The van der Waals surface area contributed by atoms with Crippen molar-refractivity contribution < 1.29 is 18.0 Å². The summed E-state index contributed by atoms with van der Waals surface area (Å²) < 4.78 is 40.8. The van der Waals surface area contributed by atoms with Crippen LogP contribution >= 0.6 is 11.3 Å². The Morgan fingerprint density at radius 3 is 2.21 bits per heavy atom. The average Bonchev–Trinajstić information content (AvgIpc) is 3.18. The highest BCUT2D eigenvalue weighted by Crippen LogP contribution is 2.28. The number of nitrogens with zero attached hydrogens (tertiary/aromatic N) is 3. The number of thiazole rings is 1. The molecule has 28 heavy (non-hydrogen) atoms. The molecular weight excluding hydrogens is 387 g/mol. The van der Waals surface area contributed by atoms with Crippen molar-refractivity contribution in [2.24, 2.45) is 0 Å². The Kier molecular flexibility index (Phi) is 5.04. The normalized spacial score (nSPS) is 14.4. The van der Waals surface area contributed by atoms with Gasteiger partial charge in [-0.3, -0.25) is 4.79 Å². The summed E-state index contributed by atoms with van der Waals surface area (Å²) in [5.41, 5.74) is 1.07. The highest BCUT2D eigenvalue weighted by molar-refractivity contribution is 7.14. The van der Waals surface area contributed by atoms with E-state index in [1.165, 1.54) is 34.4 Å². The summed E-state index contributed by atoms with van der Waals surface area (Å²) in [5, 5.41) is 2.69. The molecular formula is C20H16F3N3OS. The van der Waals surface area contributed by atoms with Gasteiger partial charge in [0.05, 0.1) is 5.69 Å². The molecule has 0 atom stereocenters. The largest absolute Gasteiger partial charge is 0.345 e. The van der Waals surface area contributed by atoms with Crippen LogP contribution < -0.4 is 4.90 Å². The maximum absolute atomic E-state index is 13.9. The minimum Gasteiger partial charge on any atom is -0.345 e. The molecule has 144 valence electrons. The van der Waals surface area contributed by atoms with Gasteiger partial charge in [-0.05, 0) is 36.4 Å². The van der Waals surface area contributed by atoms with Crippen molar-refractivity contribution in [3.05, 3.63) is 70.9 Å². The number of benzene rings is 2. The average molecular weight is 403 g/mol. The van der Waals surface area contributed by atoms with Crippen molar-refractivity contribution in [1.82, 2.24) is 9.88 Å². The molecule has 1 aromatic heterocycles. The molecule has 1 aliphatic heterocycles. The number of carbonyl (C=O) groups is 1. The van der Waals surface area contributed by atoms with E-state index in [1.54, 1.807) is 12.1 Å². The van der Waals surface area contributed by atoms with E-state index in [4.69, 9.17) is 0 Å². The first-order valence-electron chi connectivity index (χ1n) is 8.72. The zero-order valence-corrected chi connectivity index (χ0v) is 15.6. The smallest absolute Gasteiger partial charge is 0.259 e. The fourth-order valence-corrected chi connectivity index (χ4v) is 4.01. The summed E-state index contributed by atoms with van der Waals surface area (Å²) in [6, 6.07) is 9.53. The van der Waals surface area contributed by atoms with E-state index in [-0.39, 0.29) is 5.82 Å². The van der Waals surface area contributed by atoms with E-state index < -0.39 is 23.1 Å². The molecule has 0 radical (unpaired) electrons. The molecule has 1 saturated heterocycles. The van der Waals surface area contributed by atoms with E-state index in [1.807, 2.05) is 10.3 Å². The molecule has 4 rings (SSSR count). The molecule has 0 saturated carbocycles. The van der Waals surface area contributed by atoms with Crippen molar-refractivity contribution in [3.63, 3.8) is 0 Å². The standard InChI is InChI=1S/C20H16F3N3OS/c21-14-6-4-13(5-7-14)17-12-28-20(24-17)26-10-8-25(9-11-26)19(27)18-15(22)2-1-3-16(18)23/h1-7,12H,8-11H2. The third kappa shape index (κ3) is 3.60. The molecule has 0 N–H and O–H groups in total. The molecule has 2 aromatic carbocycles. The number of halogens is 3. The second kappa shape index (κ2) is 7.63. The van der Waals surface area contributed by atoms with Gasteiger partial charge in [-0.2, -0.15) is 0 Å². The third-order valence-electron chi connectivity index (χ3n) is 4.65. The van der Waals surface area contributed by atoms with Gasteiger partial charge in [-0.15, -0.1) is 11.3 Å². The lowest BCUT2D eigenvalue weighted by Gasteiger charge is -2.34. The number of carbonyl (C=O) groups excluding carboxylic acids is 1. The Balaban J connectivity index is 1.43. The molecule has 0 bridgehead atoms. The van der Waals surface area contributed by atoms with Crippen LogP contribution in [-0.2, 0) is 0 Å². The molecule has 1 amide bonds. The Hall–Kier alpha value is -2.87. The summed E-state index contributed by atoms with van der Waals surface area (Å²) in [5.74, 6) is -2.64. The number of rotatable bonds is 3. The van der Waals surface area contributed by atoms with E-state index >= 15 is 0 Å². The monoisotopic (exact) mass is 403 g/mol. The minimum absolute atomic E-state index is 0.300. The van der Waals surface area contributed by atoms with E-state index in [0.29, 0.717) is 26.2 Å². The Labute approximate surface area is 163 Å². The van der Waals surface area contributed by atoms with Gasteiger partial charge in [-0.25, -0.2) is 18.2 Å². The molecule has 0 aliphatic carbocycles. The van der Waals surface area contributed by atoms with Gasteiger partial charge >= 0.3 is 0 Å². The Morgan fingerprint density at radius 2 is 1.57 bits per heavy atom. The van der Waals surface area contributed by atoms with Gasteiger partial charge in [0.2, 0.25) is 0 Å². The van der Waals surface area contributed by atoms with Crippen LogP contribution in [0, 0.1) is 17.5 Å². The molecule has 3 aromatic rings. The topological polar surface area (TPSA) is 36.4 Å². The molecule has 1 aliphatic rings. The van der Waals surface area contributed by atoms with Crippen LogP contribution in [0.4, 0.5) is 18.3 Å². The first kappa shape index (κ1) is 18.5. The zero-order valence-electron chi connectivity index (χ0n) is 14.7. The Bertz CT molecular complexity index is 978. The maximum atomic E-state index is 13.9. The van der Waals surface area contributed by atoms with Crippen molar-refractivity contribution in [3.8, 4) is 11.3 Å². The lowest BCUT2D eigenvalue weighted by molar-refractivity contribution is 0.0737. The van der Waals surface area contributed by atoms with Crippen LogP contribution in [0.1, 0.15) is 10.4 Å². The summed E-state index contributed by atoms with van der Waals surface area (Å²) in [4.78, 5) is 20.6. The molecule has 2 heterocycles. The zero-order chi connectivity index (χ0) is 19.7. The molecule has 0 unspecified atom stereocenters. The minimum atomic E-state index is -0.851. The number of hydrogen-bond donors (Lipinski definition) is 0. The van der Waals surface area contributed by atoms with Crippen molar-refractivity contribution in [2.75, 3.05) is 31.1 Å². The fraction of sp³-hybridized carbons (Fsp3) is 0.200. The highest BCUT2D eigenvalue weighted by Gasteiger charge is 2.27. The van der Waals surface area contributed by atoms with Crippen molar-refractivity contribution in [1.29, 1.82) is 0 Å². The predicted molar refractivity (Wildman–Crippen MR) is 102 cm³/mol. The number of piperazine rings is 1. The van der Waals surface area contributed by atoms with E-state index in [2.05, 4.69) is 4.98 Å². The Morgan fingerprint density at radius 1 is 0.929 bits per heavy atom. The van der Waals surface area contributed by atoms with Gasteiger partial charge in [0, 0.05) is 37.1 Å². The molecule has 8 heteroatoms. The second-order valence-electron chi connectivity index (χ2n) is 6.40. The third-order valence-corrected chi connectivity index (χ3v) is 5.55. The van der Waals surface area contributed by atoms with Crippen LogP contribution in [0.15, 0.2) is 47.8 Å². The van der Waals surface area contributed by atoms with Crippen LogP contribution in [-0.4, -0.2) is 42.0 Å². The van der Waals surface area contributed by atoms with Gasteiger partial charge in [0.25, 0.3) is 5.91 Å². The number of hydrogen-bond acceptors (Lipinski definition) is 4. The quantitative estimate of drug-likeness (QED) is 0.658. The van der Waals surface area contributed by atoms with Gasteiger partial charge in [0.15, 0.2) is 5.13 Å². The first-order valence-corrected chi connectivity index (χ1v) is 9.60. The number of amides is 1. The summed E-state index contributed by atoms with van der Waals surface area (Å²) >= 11 is 1.46. The summed E-state index contributed by atoms with van der Waals surface area (Å²) in [6.07, 6.45) is 0. The van der Waals surface area contributed by atoms with Crippen LogP contribution in [0.5, 0.6) is 0 Å². The van der Waals surface area contributed by atoms with Gasteiger partial charge < -0.3 is 9.80 Å². The summed E-state index contributed by atoms with van der Waals surface area (Å²) in [7, 11) is 0. The highest BCUT2D eigenvalue weighted by atomic mass is 32.1. The summed E-state index contributed by atoms with van der Waals surface area (Å²) in [6.45, 7) is 1.71. The molecule has 4 nitrogen and oxygen atoms in total. The molecule has 0 spiro atoms. The van der Waals surface area contributed by atoms with E-state index in [0.717, 1.165) is 28.5 Å². The second-order valence-corrected chi connectivity index (χ2v) is 7.23. The van der Waals surface area contributed by atoms with Crippen LogP contribution in [0.25, 0.3) is 11.3 Å². The lowest BCUT2D eigenvalue weighted by Crippen LogP contribution is -2.49.